The first kappa shape index (κ1) is 5.77. The first-order valence-corrected chi connectivity index (χ1v) is 3.01. The molecule has 0 fully saturated rings. The quantitative estimate of drug-likeness (QED) is 0.535. The zero-order valence-electron chi connectivity index (χ0n) is 2.75. The van der Waals surface area contributed by atoms with Crippen molar-refractivity contribution in [2.45, 2.75) is 0 Å². The van der Waals surface area contributed by atoms with Crippen LogP contribution >= 0.6 is 27.5 Å². The van der Waals surface area contributed by atoms with E-state index in [0.717, 1.165) is 5.33 Å². The first-order chi connectivity index (χ1) is 2.41. The van der Waals surface area contributed by atoms with E-state index in [-0.39, 0.29) is 0 Å². The molecule has 0 amide bonds. The van der Waals surface area contributed by atoms with Crippen LogP contribution in [0.2, 0.25) is 0 Å². The molecule has 2 heteroatoms. The van der Waals surface area contributed by atoms with Crippen LogP contribution in [0.3, 0.4) is 0 Å². The van der Waals surface area contributed by atoms with Crippen LogP contribution in [-0.2, 0) is 0 Å². The summed E-state index contributed by atoms with van der Waals surface area (Å²) in [6, 6.07) is 0. The van der Waals surface area contributed by atoms with Gasteiger partial charge in [0.05, 0.1) is 0 Å². The van der Waals surface area contributed by atoms with Gasteiger partial charge in [0.25, 0.3) is 0 Å². The largest absolute Gasteiger partial charge is 0.126 e. The molecule has 0 aromatic carbocycles. The smallest absolute Gasteiger partial charge is 0.0263 e. The minimum Gasteiger partial charge on any atom is -0.126 e. The van der Waals surface area contributed by atoms with E-state index in [1.165, 1.54) is 0 Å². The fourth-order valence-corrected chi connectivity index (χ4v) is 0.643. The van der Waals surface area contributed by atoms with E-state index in [1.54, 1.807) is 0 Å². The molecule has 0 unspecified atom stereocenters. The van der Waals surface area contributed by atoms with Crippen molar-refractivity contribution in [1.82, 2.24) is 0 Å². The molecule has 31 valence electrons. The minimum absolute atomic E-state index is 0.644. The zero-order chi connectivity index (χ0) is 4.12. The Morgan fingerprint density at radius 2 is 2.40 bits per heavy atom. The van der Waals surface area contributed by atoms with Crippen molar-refractivity contribution in [3.05, 3.63) is 6.42 Å². The van der Waals surface area contributed by atoms with Crippen molar-refractivity contribution in [3.8, 4) is 0 Å². The molecule has 0 saturated heterocycles. The molecule has 0 N–H and O–H groups in total. The Morgan fingerprint density at radius 3 is 2.40 bits per heavy atom. The second-order valence-electron chi connectivity index (χ2n) is 0.597. The highest BCUT2D eigenvalue weighted by atomic mass is 79.9. The van der Waals surface area contributed by atoms with Crippen molar-refractivity contribution in [2.75, 3.05) is 11.2 Å². The topological polar surface area (TPSA) is 0 Å². The highest BCUT2D eigenvalue weighted by Crippen LogP contribution is 1.86. The molecular formula is C3H5BrCl. The molecule has 0 spiro atoms. The molecular weight excluding hydrogens is 151 g/mol. The molecule has 0 nitrogen and oxygen atoms in total. The summed E-state index contributed by atoms with van der Waals surface area (Å²) < 4.78 is 0. The van der Waals surface area contributed by atoms with Gasteiger partial charge in [0.2, 0.25) is 0 Å². The predicted molar refractivity (Wildman–Crippen MR) is 28.8 cm³/mol. The fraction of sp³-hybridized carbons (Fsp3) is 0.667. The Hall–Kier alpha value is 0.770. The fourth-order valence-electron chi connectivity index (χ4n) is 0.0412. The predicted octanol–water partition coefficient (Wildman–Crippen LogP) is 1.82. The molecule has 5 heavy (non-hydrogen) atoms. The van der Waals surface area contributed by atoms with E-state index in [1.807, 2.05) is 6.42 Å². The van der Waals surface area contributed by atoms with Crippen LogP contribution in [0.4, 0.5) is 0 Å². The second kappa shape index (κ2) is 4.77. The van der Waals surface area contributed by atoms with Crippen LogP contribution in [0.1, 0.15) is 0 Å². The molecule has 0 aliphatic heterocycles. The van der Waals surface area contributed by atoms with Crippen LogP contribution < -0.4 is 0 Å². The molecule has 0 atom stereocenters. The van der Waals surface area contributed by atoms with Gasteiger partial charge >= 0.3 is 0 Å². The number of alkyl halides is 2. The van der Waals surface area contributed by atoms with Gasteiger partial charge in [-0.15, -0.1) is 11.6 Å². The average molecular weight is 156 g/mol. The molecule has 0 aliphatic rings. The third kappa shape index (κ3) is 4.77. The molecule has 0 rings (SSSR count). The summed E-state index contributed by atoms with van der Waals surface area (Å²) in [7, 11) is 0. The molecule has 0 saturated carbocycles. The summed E-state index contributed by atoms with van der Waals surface area (Å²) in [5, 5.41) is 0.899. The maximum Gasteiger partial charge on any atom is 0.0263 e. The Bertz CT molecular complexity index is 14.4. The van der Waals surface area contributed by atoms with E-state index in [2.05, 4.69) is 15.9 Å². The first-order valence-electron chi connectivity index (χ1n) is 1.35. The Labute approximate surface area is 45.6 Å². The van der Waals surface area contributed by atoms with E-state index in [9.17, 15) is 0 Å². The van der Waals surface area contributed by atoms with Gasteiger partial charge in [-0.3, -0.25) is 0 Å². The van der Waals surface area contributed by atoms with Crippen LogP contribution in [0, 0.1) is 6.42 Å². The summed E-state index contributed by atoms with van der Waals surface area (Å²) in [4.78, 5) is 0. The highest BCUT2D eigenvalue weighted by molar-refractivity contribution is 9.09. The minimum atomic E-state index is 0.644. The van der Waals surface area contributed by atoms with Gasteiger partial charge in [0.15, 0.2) is 0 Å². The standard InChI is InChI=1S/C3H5BrCl/c4-2-1-3-5/h1H,2-3H2. The van der Waals surface area contributed by atoms with E-state index in [4.69, 9.17) is 11.6 Å². The van der Waals surface area contributed by atoms with Gasteiger partial charge in [0, 0.05) is 11.2 Å². The number of rotatable bonds is 2. The molecule has 0 bridgehead atoms. The van der Waals surface area contributed by atoms with Gasteiger partial charge in [-0.1, -0.05) is 15.9 Å². The van der Waals surface area contributed by atoms with Crippen LogP contribution in [0.5, 0.6) is 0 Å². The molecule has 0 heterocycles. The van der Waals surface area contributed by atoms with Crippen molar-refractivity contribution in [1.29, 1.82) is 0 Å². The number of halogens is 2. The number of hydrogen-bond acceptors (Lipinski definition) is 0. The average Bonchev–Trinajstić information content (AvgIpc) is 1.41. The summed E-state index contributed by atoms with van der Waals surface area (Å²) in [5.41, 5.74) is 0. The number of hydrogen-bond donors (Lipinski definition) is 0. The lowest BCUT2D eigenvalue weighted by atomic mass is 10.6. The summed E-state index contributed by atoms with van der Waals surface area (Å²) in [6.45, 7) is 0. The highest BCUT2D eigenvalue weighted by Gasteiger charge is 1.72. The molecule has 1 radical (unpaired) electrons. The van der Waals surface area contributed by atoms with Gasteiger partial charge in [0.1, 0.15) is 0 Å². The normalized spacial score (nSPS) is 8.40. The second-order valence-corrected chi connectivity index (χ2v) is 1.55. The Balaban J connectivity index is 2.19. The lowest BCUT2D eigenvalue weighted by molar-refractivity contribution is 1.45. The maximum atomic E-state index is 5.22. The molecule has 0 aliphatic carbocycles. The van der Waals surface area contributed by atoms with Crippen molar-refractivity contribution in [3.63, 3.8) is 0 Å². The zero-order valence-corrected chi connectivity index (χ0v) is 5.09. The third-order valence-electron chi connectivity index (χ3n) is 0.218. The SMILES string of the molecule is ClC[CH]CBr. The van der Waals surface area contributed by atoms with Crippen molar-refractivity contribution >= 4 is 27.5 Å². The summed E-state index contributed by atoms with van der Waals surface area (Å²) in [5.74, 6) is 0.644. The molecule has 0 aromatic heterocycles. The summed E-state index contributed by atoms with van der Waals surface area (Å²) >= 11 is 8.39. The third-order valence-corrected chi connectivity index (χ3v) is 0.894. The van der Waals surface area contributed by atoms with Crippen LogP contribution in [-0.4, -0.2) is 11.2 Å². The Kier molecular flexibility index (Phi) is 5.50. The maximum absolute atomic E-state index is 5.22. The lowest BCUT2D eigenvalue weighted by Gasteiger charge is -1.75. The van der Waals surface area contributed by atoms with Gasteiger partial charge in [-0.2, -0.15) is 0 Å². The van der Waals surface area contributed by atoms with Gasteiger partial charge in [-0.25, -0.2) is 0 Å². The van der Waals surface area contributed by atoms with Crippen LogP contribution in [0.15, 0.2) is 0 Å². The monoisotopic (exact) mass is 155 g/mol. The van der Waals surface area contributed by atoms with E-state index >= 15 is 0 Å². The molecule has 0 aromatic rings. The van der Waals surface area contributed by atoms with E-state index < -0.39 is 0 Å². The van der Waals surface area contributed by atoms with Crippen molar-refractivity contribution in [2.24, 2.45) is 0 Å². The summed E-state index contributed by atoms with van der Waals surface area (Å²) in [6.07, 6.45) is 1.93. The van der Waals surface area contributed by atoms with Crippen LogP contribution in [0.25, 0.3) is 0 Å². The van der Waals surface area contributed by atoms with Crippen molar-refractivity contribution < 1.29 is 0 Å². The van der Waals surface area contributed by atoms with Gasteiger partial charge < -0.3 is 0 Å². The van der Waals surface area contributed by atoms with Gasteiger partial charge in [-0.05, 0) is 6.42 Å². The van der Waals surface area contributed by atoms with E-state index in [0.29, 0.717) is 5.88 Å². The lowest BCUT2D eigenvalue weighted by Crippen LogP contribution is -1.72. The Morgan fingerprint density at radius 1 is 1.80 bits per heavy atom.